The summed E-state index contributed by atoms with van der Waals surface area (Å²) in [4.78, 5) is 12.5. The Kier molecular flexibility index (Phi) is 3.52. The lowest BCUT2D eigenvalue weighted by molar-refractivity contribution is -0.116. The highest BCUT2D eigenvalue weighted by Gasteiger charge is 2.24. The Morgan fingerprint density at radius 2 is 1.71 bits per heavy atom. The number of amides is 1. The van der Waals surface area contributed by atoms with E-state index in [2.05, 4.69) is 16.0 Å². The van der Waals surface area contributed by atoms with E-state index in [0.29, 0.717) is 6.54 Å². The number of hydrogen-bond acceptors (Lipinski definition) is 3. The zero-order valence-electron chi connectivity index (χ0n) is 12.2. The maximum Gasteiger partial charge on any atom is 0.248 e. The van der Waals surface area contributed by atoms with Gasteiger partial charge in [-0.3, -0.25) is 4.79 Å². The summed E-state index contributed by atoms with van der Waals surface area (Å²) >= 11 is 0. The van der Waals surface area contributed by atoms with Gasteiger partial charge in [-0.1, -0.05) is 30.3 Å². The summed E-state index contributed by atoms with van der Waals surface area (Å²) in [5.74, 6) is -0.0191. The van der Waals surface area contributed by atoms with Gasteiger partial charge in [-0.15, -0.1) is 0 Å². The first-order chi connectivity index (χ1) is 10.1. The first-order valence-electron chi connectivity index (χ1n) is 7.11. The van der Waals surface area contributed by atoms with Gasteiger partial charge in [-0.05, 0) is 37.1 Å². The number of rotatable bonds is 2. The zero-order valence-corrected chi connectivity index (χ0v) is 12.2. The van der Waals surface area contributed by atoms with E-state index in [9.17, 15) is 4.79 Å². The minimum absolute atomic E-state index is 0.0191. The number of carbonyl (C=O) groups is 1. The van der Waals surface area contributed by atoms with E-state index >= 15 is 0 Å². The van der Waals surface area contributed by atoms with E-state index in [4.69, 9.17) is 0 Å². The van der Waals surface area contributed by atoms with Gasteiger partial charge in [0.2, 0.25) is 5.91 Å². The lowest BCUT2D eigenvalue weighted by atomic mass is 10.1. The highest BCUT2D eigenvalue weighted by Crippen LogP contribution is 2.26. The van der Waals surface area contributed by atoms with Crippen LogP contribution in [0.4, 0.5) is 17.1 Å². The molecule has 0 saturated heterocycles. The summed E-state index contributed by atoms with van der Waals surface area (Å²) < 4.78 is 0. The molecule has 4 heteroatoms. The van der Waals surface area contributed by atoms with Gasteiger partial charge in [-0.25, -0.2) is 0 Å². The van der Waals surface area contributed by atoms with Gasteiger partial charge in [0, 0.05) is 12.2 Å². The Labute approximate surface area is 124 Å². The van der Waals surface area contributed by atoms with Crippen LogP contribution in [-0.4, -0.2) is 18.5 Å². The Morgan fingerprint density at radius 1 is 1.05 bits per heavy atom. The Balaban J connectivity index is 1.76. The van der Waals surface area contributed by atoms with E-state index < -0.39 is 0 Å². The number of carbonyl (C=O) groups excluding carboxylic acids is 1. The Bertz CT molecular complexity index is 661. The largest absolute Gasteiger partial charge is 0.381 e. The molecule has 0 saturated carbocycles. The molecule has 0 aromatic heterocycles. The SMILES string of the molecule is Cc1cccc(C)c1NC(=O)C1CNc2ccccc2N1. The van der Waals surface area contributed by atoms with E-state index in [1.165, 1.54) is 0 Å². The molecule has 3 N–H and O–H groups in total. The number of hydrogen-bond donors (Lipinski definition) is 3. The fourth-order valence-corrected chi connectivity index (χ4v) is 2.59. The van der Waals surface area contributed by atoms with Gasteiger partial charge < -0.3 is 16.0 Å². The van der Waals surface area contributed by atoms with Crippen LogP contribution in [0, 0.1) is 13.8 Å². The summed E-state index contributed by atoms with van der Waals surface area (Å²) in [6, 6.07) is 13.6. The molecule has 1 aliphatic heterocycles. The minimum atomic E-state index is -0.279. The average Bonchev–Trinajstić information content (AvgIpc) is 2.50. The first kappa shape index (κ1) is 13.5. The first-order valence-corrected chi connectivity index (χ1v) is 7.11. The predicted octanol–water partition coefficient (Wildman–Crippen LogP) is 3.15. The highest BCUT2D eigenvalue weighted by molar-refractivity contribution is 5.99. The third-order valence-corrected chi connectivity index (χ3v) is 3.80. The molecule has 2 aromatic carbocycles. The lowest BCUT2D eigenvalue weighted by Gasteiger charge is -2.27. The van der Waals surface area contributed by atoms with Crippen LogP contribution in [0.25, 0.3) is 0 Å². The van der Waals surface area contributed by atoms with Gasteiger partial charge >= 0.3 is 0 Å². The summed E-state index contributed by atoms with van der Waals surface area (Å²) in [7, 11) is 0. The second kappa shape index (κ2) is 5.48. The molecule has 108 valence electrons. The van der Waals surface area contributed by atoms with Gasteiger partial charge in [0.05, 0.1) is 11.4 Å². The standard InChI is InChI=1S/C17H19N3O/c1-11-6-5-7-12(2)16(11)20-17(21)15-10-18-13-8-3-4-9-14(13)19-15/h3-9,15,18-19H,10H2,1-2H3,(H,20,21). The topological polar surface area (TPSA) is 53.2 Å². The second-order valence-electron chi connectivity index (χ2n) is 5.38. The van der Waals surface area contributed by atoms with Crippen LogP contribution in [0.15, 0.2) is 42.5 Å². The van der Waals surface area contributed by atoms with Crippen molar-refractivity contribution in [2.75, 3.05) is 22.5 Å². The molecular weight excluding hydrogens is 262 g/mol. The lowest BCUT2D eigenvalue weighted by Crippen LogP contribution is -2.43. The normalized spacial score (nSPS) is 16.4. The summed E-state index contributed by atoms with van der Waals surface area (Å²) in [6.45, 7) is 4.59. The van der Waals surface area contributed by atoms with Crippen LogP contribution < -0.4 is 16.0 Å². The molecule has 1 amide bonds. The van der Waals surface area contributed by atoms with Crippen molar-refractivity contribution >= 4 is 23.0 Å². The second-order valence-corrected chi connectivity index (χ2v) is 5.38. The van der Waals surface area contributed by atoms with Crippen molar-refractivity contribution < 1.29 is 4.79 Å². The van der Waals surface area contributed by atoms with Gasteiger partial charge in [0.25, 0.3) is 0 Å². The molecule has 2 aromatic rings. The molecule has 21 heavy (non-hydrogen) atoms. The fraction of sp³-hybridized carbons (Fsp3) is 0.235. The van der Waals surface area contributed by atoms with E-state index in [1.54, 1.807) is 0 Å². The Morgan fingerprint density at radius 3 is 2.43 bits per heavy atom. The molecular formula is C17H19N3O. The van der Waals surface area contributed by atoms with Crippen molar-refractivity contribution in [3.8, 4) is 0 Å². The van der Waals surface area contributed by atoms with E-state index in [-0.39, 0.29) is 11.9 Å². The molecule has 1 atom stereocenters. The molecule has 0 spiro atoms. The maximum absolute atomic E-state index is 12.5. The van der Waals surface area contributed by atoms with Crippen LogP contribution in [0.5, 0.6) is 0 Å². The quantitative estimate of drug-likeness (QED) is 0.792. The van der Waals surface area contributed by atoms with E-state index in [0.717, 1.165) is 28.2 Å². The van der Waals surface area contributed by atoms with Crippen LogP contribution in [-0.2, 0) is 4.79 Å². The number of para-hydroxylation sites is 3. The van der Waals surface area contributed by atoms with Crippen molar-refractivity contribution in [3.63, 3.8) is 0 Å². The maximum atomic E-state index is 12.5. The molecule has 1 heterocycles. The van der Waals surface area contributed by atoms with Gasteiger partial charge in [0.15, 0.2) is 0 Å². The van der Waals surface area contributed by atoms with Crippen LogP contribution in [0.3, 0.4) is 0 Å². The number of nitrogens with one attached hydrogen (secondary N) is 3. The molecule has 0 fully saturated rings. The number of aryl methyl sites for hydroxylation is 2. The van der Waals surface area contributed by atoms with Crippen molar-refractivity contribution in [1.82, 2.24) is 0 Å². The molecule has 3 rings (SSSR count). The third-order valence-electron chi connectivity index (χ3n) is 3.80. The smallest absolute Gasteiger partial charge is 0.248 e. The molecule has 1 aliphatic rings. The van der Waals surface area contributed by atoms with Crippen molar-refractivity contribution in [1.29, 1.82) is 0 Å². The zero-order chi connectivity index (χ0) is 14.8. The third kappa shape index (κ3) is 2.70. The molecule has 0 aliphatic carbocycles. The molecule has 0 radical (unpaired) electrons. The minimum Gasteiger partial charge on any atom is -0.381 e. The van der Waals surface area contributed by atoms with Crippen molar-refractivity contribution in [2.24, 2.45) is 0 Å². The number of fused-ring (bicyclic) bond motifs is 1. The molecule has 0 bridgehead atoms. The molecule has 1 unspecified atom stereocenters. The summed E-state index contributed by atoms with van der Waals surface area (Å²) in [5.41, 5.74) is 5.06. The monoisotopic (exact) mass is 281 g/mol. The molecule has 4 nitrogen and oxygen atoms in total. The average molecular weight is 281 g/mol. The predicted molar refractivity (Wildman–Crippen MR) is 86.9 cm³/mol. The fourth-order valence-electron chi connectivity index (χ4n) is 2.59. The highest BCUT2D eigenvalue weighted by atomic mass is 16.2. The summed E-state index contributed by atoms with van der Waals surface area (Å²) in [6.07, 6.45) is 0. The van der Waals surface area contributed by atoms with Gasteiger partial charge in [-0.2, -0.15) is 0 Å². The summed E-state index contributed by atoms with van der Waals surface area (Å²) in [5, 5.41) is 9.60. The van der Waals surface area contributed by atoms with Crippen molar-refractivity contribution in [3.05, 3.63) is 53.6 Å². The van der Waals surface area contributed by atoms with Crippen LogP contribution in [0.1, 0.15) is 11.1 Å². The van der Waals surface area contributed by atoms with E-state index in [1.807, 2.05) is 56.3 Å². The van der Waals surface area contributed by atoms with Gasteiger partial charge in [0.1, 0.15) is 6.04 Å². The van der Waals surface area contributed by atoms with Crippen molar-refractivity contribution in [2.45, 2.75) is 19.9 Å². The Hall–Kier alpha value is -2.49. The number of anilines is 3. The van der Waals surface area contributed by atoms with Crippen LogP contribution >= 0.6 is 0 Å². The van der Waals surface area contributed by atoms with Crippen LogP contribution in [0.2, 0.25) is 0 Å². The number of benzene rings is 2.